The lowest BCUT2D eigenvalue weighted by Crippen LogP contribution is -2.15. The van der Waals surface area contributed by atoms with Gasteiger partial charge in [-0.15, -0.1) is 0 Å². The second kappa shape index (κ2) is 8.25. The third kappa shape index (κ3) is 4.36. The van der Waals surface area contributed by atoms with E-state index in [1.165, 1.54) is 31.0 Å². The Balaban J connectivity index is 1.67. The van der Waals surface area contributed by atoms with Crippen molar-refractivity contribution < 1.29 is 13.9 Å². The van der Waals surface area contributed by atoms with Gasteiger partial charge in [-0.2, -0.15) is 0 Å². The van der Waals surface area contributed by atoms with Crippen molar-refractivity contribution in [3.63, 3.8) is 0 Å². The summed E-state index contributed by atoms with van der Waals surface area (Å²) in [6.45, 7) is 0. The van der Waals surface area contributed by atoms with Gasteiger partial charge >= 0.3 is 0 Å². The first-order valence-electron chi connectivity index (χ1n) is 7.62. The fourth-order valence-electron chi connectivity index (χ4n) is 2.29. The Labute approximate surface area is 159 Å². The molecule has 0 atom stereocenters. The van der Waals surface area contributed by atoms with Crippen LogP contribution in [0.15, 0.2) is 60.0 Å². The molecule has 3 aromatic rings. The van der Waals surface area contributed by atoms with Crippen LogP contribution in [0.3, 0.4) is 0 Å². The number of carbonyl (C=O) groups excluding carboxylic acids is 1. The lowest BCUT2D eigenvalue weighted by molar-refractivity contribution is -0.113. The van der Waals surface area contributed by atoms with E-state index in [0.29, 0.717) is 21.6 Å². The first-order chi connectivity index (χ1) is 12.6. The molecule has 0 fully saturated rings. The van der Waals surface area contributed by atoms with Gasteiger partial charge in [0.1, 0.15) is 11.6 Å². The molecule has 1 aromatic heterocycles. The number of methoxy groups -OCH3 is 1. The number of nitrogens with one attached hydrogen (secondary N) is 1. The Kier molecular flexibility index (Phi) is 5.80. The Bertz CT molecular complexity index is 915. The third-order valence-electron chi connectivity index (χ3n) is 3.48. The summed E-state index contributed by atoms with van der Waals surface area (Å²) in [6.07, 6.45) is 3.39. The lowest BCUT2D eigenvalue weighted by atomic mass is 10.3. The number of rotatable bonds is 6. The molecular weight excluding hydrogens is 377 g/mol. The van der Waals surface area contributed by atoms with Gasteiger partial charge in [-0.1, -0.05) is 23.4 Å². The van der Waals surface area contributed by atoms with E-state index in [-0.39, 0.29) is 17.5 Å². The Morgan fingerprint density at radius 1 is 1.31 bits per heavy atom. The first-order valence-corrected chi connectivity index (χ1v) is 8.98. The van der Waals surface area contributed by atoms with Crippen LogP contribution in [-0.2, 0) is 4.79 Å². The molecule has 26 heavy (non-hydrogen) atoms. The van der Waals surface area contributed by atoms with E-state index in [2.05, 4.69) is 10.3 Å². The summed E-state index contributed by atoms with van der Waals surface area (Å²) in [5.74, 6) is 0.149. The van der Waals surface area contributed by atoms with Crippen molar-refractivity contribution in [2.45, 2.75) is 5.16 Å². The number of ether oxygens (including phenoxy) is 1. The fourth-order valence-corrected chi connectivity index (χ4v) is 3.23. The van der Waals surface area contributed by atoms with Gasteiger partial charge in [0.2, 0.25) is 5.91 Å². The van der Waals surface area contributed by atoms with Gasteiger partial charge in [0.05, 0.1) is 18.6 Å². The minimum Gasteiger partial charge on any atom is -0.495 e. The summed E-state index contributed by atoms with van der Waals surface area (Å²) in [5.41, 5.74) is 1.27. The lowest BCUT2D eigenvalue weighted by Gasteiger charge is -2.11. The molecule has 0 aliphatic rings. The van der Waals surface area contributed by atoms with Gasteiger partial charge < -0.3 is 10.1 Å². The zero-order valence-corrected chi connectivity index (χ0v) is 15.4. The molecule has 0 spiro atoms. The van der Waals surface area contributed by atoms with E-state index >= 15 is 0 Å². The summed E-state index contributed by atoms with van der Waals surface area (Å²) < 4.78 is 20.1. The Hall–Kier alpha value is -2.51. The maximum atomic E-state index is 13.1. The zero-order valence-electron chi connectivity index (χ0n) is 13.8. The molecule has 1 N–H and O–H groups in total. The van der Waals surface area contributed by atoms with Gasteiger partial charge in [0.25, 0.3) is 0 Å². The number of hydrogen-bond acceptors (Lipinski definition) is 4. The average Bonchev–Trinajstić information content (AvgIpc) is 3.09. The molecule has 0 aliphatic carbocycles. The summed E-state index contributed by atoms with van der Waals surface area (Å²) in [5, 5.41) is 3.91. The summed E-state index contributed by atoms with van der Waals surface area (Å²) in [6, 6.07) is 11.1. The van der Waals surface area contributed by atoms with Crippen LogP contribution in [0.4, 0.5) is 10.1 Å². The molecule has 134 valence electrons. The van der Waals surface area contributed by atoms with Gasteiger partial charge in [-0.05, 0) is 42.5 Å². The maximum absolute atomic E-state index is 13.1. The number of benzene rings is 2. The van der Waals surface area contributed by atoms with Crippen molar-refractivity contribution in [1.29, 1.82) is 0 Å². The third-order valence-corrected chi connectivity index (χ3v) is 4.68. The topological polar surface area (TPSA) is 56.1 Å². The smallest absolute Gasteiger partial charge is 0.234 e. The number of halogens is 2. The van der Waals surface area contributed by atoms with Crippen LogP contribution >= 0.6 is 23.4 Å². The fraction of sp³-hybridized carbons (Fsp3) is 0.111. The highest BCUT2D eigenvalue weighted by Crippen LogP contribution is 2.28. The molecule has 0 radical (unpaired) electrons. The van der Waals surface area contributed by atoms with Crippen LogP contribution in [0, 0.1) is 5.82 Å². The molecule has 0 saturated carbocycles. The van der Waals surface area contributed by atoms with Crippen LogP contribution in [0.5, 0.6) is 5.75 Å². The molecule has 3 rings (SSSR count). The number of imidazole rings is 1. The van der Waals surface area contributed by atoms with Crippen molar-refractivity contribution in [1.82, 2.24) is 9.55 Å². The highest BCUT2D eigenvalue weighted by atomic mass is 35.5. The Morgan fingerprint density at radius 2 is 2.08 bits per heavy atom. The van der Waals surface area contributed by atoms with E-state index in [9.17, 15) is 9.18 Å². The standard InChI is InChI=1S/C18H15ClFN3O2S/c1-25-16-7-2-12(19)10-15(16)22-17(24)11-26-18-21-8-9-23(18)14-5-3-13(20)4-6-14/h2-10H,11H2,1H3,(H,22,24). The minimum absolute atomic E-state index is 0.147. The Morgan fingerprint density at radius 3 is 2.81 bits per heavy atom. The number of amides is 1. The highest BCUT2D eigenvalue weighted by molar-refractivity contribution is 7.99. The molecule has 8 heteroatoms. The quantitative estimate of drug-likeness (QED) is 0.632. The van der Waals surface area contributed by atoms with Crippen molar-refractivity contribution in [3.8, 4) is 11.4 Å². The number of anilines is 1. The highest BCUT2D eigenvalue weighted by Gasteiger charge is 2.12. The van der Waals surface area contributed by atoms with Crippen LogP contribution < -0.4 is 10.1 Å². The van der Waals surface area contributed by atoms with E-state index in [4.69, 9.17) is 16.3 Å². The molecular formula is C18H15ClFN3O2S. The number of aromatic nitrogens is 2. The van der Waals surface area contributed by atoms with Crippen LogP contribution in [0.1, 0.15) is 0 Å². The molecule has 1 amide bonds. The monoisotopic (exact) mass is 391 g/mol. The predicted molar refractivity (Wildman–Crippen MR) is 101 cm³/mol. The van der Waals surface area contributed by atoms with E-state index in [1.54, 1.807) is 47.3 Å². The van der Waals surface area contributed by atoms with Gasteiger partial charge in [-0.25, -0.2) is 9.37 Å². The summed E-state index contributed by atoms with van der Waals surface area (Å²) in [7, 11) is 1.52. The molecule has 1 heterocycles. The van der Waals surface area contributed by atoms with Gasteiger partial charge in [-0.3, -0.25) is 9.36 Å². The van der Waals surface area contributed by atoms with Crippen LogP contribution in [0.2, 0.25) is 5.02 Å². The second-order valence-corrected chi connectivity index (χ2v) is 6.62. The maximum Gasteiger partial charge on any atom is 0.234 e. The van der Waals surface area contributed by atoms with Crippen molar-refractivity contribution in [3.05, 3.63) is 65.7 Å². The number of hydrogen-bond donors (Lipinski definition) is 1. The predicted octanol–water partition coefficient (Wildman–Crippen LogP) is 4.40. The second-order valence-electron chi connectivity index (χ2n) is 5.24. The normalized spacial score (nSPS) is 10.6. The molecule has 0 aliphatic heterocycles. The van der Waals surface area contributed by atoms with Gasteiger partial charge in [0.15, 0.2) is 5.16 Å². The van der Waals surface area contributed by atoms with Crippen molar-refractivity contribution in [2.24, 2.45) is 0 Å². The first kappa shape index (κ1) is 18.3. The largest absolute Gasteiger partial charge is 0.495 e. The minimum atomic E-state index is -0.307. The average molecular weight is 392 g/mol. The van der Waals surface area contributed by atoms with Crippen molar-refractivity contribution >= 4 is 35.0 Å². The molecule has 0 bridgehead atoms. The van der Waals surface area contributed by atoms with E-state index < -0.39 is 0 Å². The zero-order chi connectivity index (χ0) is 18.5. The van der Waals surface area contributed by atoms with E-state index in [1.807, 2.05) is 0 Å². The number of carbonyl (C=O) groups is 1. The molecule has 0 saturated heterocycles. The number of nitrogens with zero attached hydrogens (tertiary/aromatic N) is 2. The van der Waals surface area contributed by atoms with Gasteiger partial charge in [0, 0.05) is 23.1 Å². The molecule has 2 aromatic carbocycles. The molecule has 5 nitrogen and oxygen atoms in total. The number of thioether (sulfide) groups is 1. The summed E-state index contributed by atoms with van der Waals surface area (Å²) in [4.78, 5) is 16.5. The van der Waals surface area contributed by atoms with Crippen LogP contribution in [0.25, 0.3) is 5.69 Å². The summed E-state index contributed by atoms with van der Waals surface area (Å²) >= 11 is 7.23. The van der Waals surface area contributed by atoms with Crippen molar-refractivity contribution in [2.75, 3.05) is 18.2 Å². The van der Waals surface area contributed by atoms with Crippen LogP contribution in [-0.4, -0.2) is 28.3 Å². The van der Waals surface area contributed by atoms with E-state index in [0.717, 1.165) is 5.69 Å². The molecule has 0 unspecified atom stereocenters. The SMILES string of the molecule is COc1ccc(Cl)cc1NC(=O)CSc1nccn1-c1ccc(F)cc1.